The zero-order valence-corrected chi connectivity index (χ0v) is 8.72. The molecule has 0 aromatic rings. The van der Waals surface area contributed by atoms with Crippen molar-refractivity contribution in [2.45, 2.75) is 51.9 Å². The lowest BCUT2D eigenvalue weighted by Gasteiger charge is -2.28. The number of carbonyl (C=O) groups excluding carboxylic acids is 1. The van der Waals surface area contributed by atoms with Crippen LogP contribution >= 0.6 is 0 Å². The lowest BCUT2D eigenvalue weighted by atomic mass is 9.76. The van der Waals surface area contributed by atoms with E-state index in [1.165, 1.54) is 32.1 Å². The van der Waals surface area contributed by atoms with Crippen molar-refractivity contribution >= 4 is 5.78 Å². The topological polar surface area (TPSA) is 17.1 Å². The molecule has 75 valence electrons. The van der Waals surface area contributed by atoms with Gasteiger partial charge < -0.3 is 0 Å². The maximum Gasteiger partial charge on any atom is 0.133 e. The van der Waals surface area contributed by atoms with E-state index in [2.05, 4.69) is 6.92 Å². The fourth-order valence-electron chi connectivity index (χ4n) is 2.53. The van der Waals surface area contributed by atoms with Crippen LogP contribution in [0, 0.1) is 18.8 Å². The minimum Gasteiger partial charge on any atom is -0.300 e. The molecule has 1 saturated carbocycles. The van der Waals surface area contributed by atoms with Gasteiger partial charge in [0.15, 0.2) is 0 Å². The van der Waals surface area contributed by atoms with Gasteiger partial charge in [0.2, 0.25) is 0 Å². The zero-order valence-electron chi connectivity index (χ0n) is 8.72. The van der Waals surface area contributed by atoms with Gasteiger partial charge in [0.05, 0.1) is 0 Å². The average Bonchev–Trinajstić information content (AvgIpc) is 2.15. The first kappa shape index (κ1) is 10.7. The Kier molecular flexibility index (Phi) is 4.47. The number of rotatable bonds is 4. The van der Waals surface area contributed by atoms with Gasteiger partial charge in [0.1, 0.15) is 5.78 Å². The maximum absolute atomic E-state index is 11.4. The second kappa shape index (κ2) is 5.41. The minimum absolute atomic E-state index is 0.317. The Hall–Kier alpha value is -0.330. The Morgan fingerprint density at radius 1 is 1.38 bits per heavy atom. The Morgan fingerprint density at radius 3 is 2.46 bits per heavy atom. The van der Waals surface area contributed by atoms with E-state index >= 15 is 0 Å². The first-order chi connectivity index (χ1) is 6.25. The summed E-state index contributed by atoms with van der Waals surface area (Å²) in [6, 6.07) is 0. The molecule has 0 saturated heterocycles. The summed E-state index contributed by atoms with van der Waals surface area (Å²) in [7, 11) is 0. The van der Waals surface area contributed by atoms with Crippen LogP contribution in [0.3, 0.4) is 0 Å². The minimum atomic E-state index is 0.317. The van der Waals surface area contributed by atoms with E-state index < -0.39 is 0 Å². The summed E-state index contributed by atoms with van der Waals surface area (Å²) in [6.07, 6.45) is 8.46. The van der Waals surface area contributed by atoms with Gasteiger partial charge in [0.25, 0.3) is 0 Å². The third-order valence-electron chi connectivity index (χ3n) is 3.26. The molecule has 1 radical (unpaired) electrons. The standard InChI is InChI=1S/C12H21O/c1-3-7-12(10(2)13)11-8-5-4-6-9-11/h11-12H,1,3-9H2,2H3. The molecule has 1 aliphatic rings. The second-order valence-corrected chi connectivity index (χ2v) is 4.26. The van der Waals surface area contributed by atoms with Crippen LogP contribution in [0.5, 0.6) is 0 Å². The molecule has 0 bridgehead atoms. The van der Waals surface area contributed by atoms with Gasteiger partial charge in [-0.2, -0.15) is 0 Å². The summed E-state index contributed by atoms with van der Waals surface area (Å²) >= 11 is 0. The van der Waals surface area contributed by atoms with E-state index in [4.69, 9.17) is 0 Å². The quantitative estimate of drug-likeness (QED) is 0.649. The molecule has 1 unspecified atom stereocenters. The first-order valence-corrected chi connectivity index (χ1v) is 5.55. The van der Waals surface area contributed by atoms with Gasteiger partial charge in [-0.25, -0.2) is 0 Å². The third-order valence-corrected chi connectivity index (χ3v) is 3.26. The molecule has 0 aromatic carbocycles. The smallest absolute Gasteiger partial charge is 0.133 e. The van der Waals surface area contributed by atoms with Crippen molar-refractivity contribution in [2.24, 2.45) is 11.8 Å². The maximum atomic E-state index is 11.4. The molecule has 1 rings (SSSR count). The van der Waals surface area contributed by atoms with E-state index in [9.17, 15) is 4.79 Å². The summed E-state index contributed by atoms with van der Waals surface area (Å²) in [6.45, 7) is 5.60. The summed E-state index contributed by atoms with van der Waals surface area (Å²) in [5.74, 6) is 1.38. The van der Waals surface area contributed by atoms with Crippen LogP contribution in [0.2, 0.25) is 0 Å². The van der Waals surface area contributed by atoms with Gasteiger partial charge in [-0.15, -0.1) is 0 Å². The molecule has 0 aliphatic heterocycles. The highest BCUT2D eigenvalue weighted by Crippen LogP contribution is 2.32. The SMILES string of the molecule is [CH2]CCC(C(C)=O)C1CCCCC1. The van der Waals surface area contributed by atoms with Crippen molar-refractivity contribution in [2.75, 3.05) is 0 Å². The highest BCUT2D eigenvalue weighted by Gasteiger charge is 2.25. The molecule has 1 fully saturated rings. The molecule has 1 nitrogen and oxygen atoms in total. The predicted octanol–water partition coefficient (Wildman–Crippen LogP) is 3.39. The normalized spacial score (nSPS) is 21.4. The average molecular weight is 181 g/mol. The number of Topliss-reactive ketones (excluding diaryl/α,β-unsaturated/α-hetero) is 1. The van der Waals surface area contributed by atoms with Gasteiger partial charge in [-0.3, -0.25) is 4.79 Å². The molecule has 1 aliphatic carbocycles. The van der Waals surface area contributed by atoms with Crippen molar-refractivity contribution < 1.29 is 4.79 Å². The van der Waals surface area contributed by atoms with E-state index in [1.54, 1.807) is 6.92 Å². The molecule has 1 heteroatoms. The molecule has 13 heavy (non-hydrogen) atoms. The van der Waals surface area contributed by atoms with Gasteiger partial charge >= 0.3 is 0 Å². The van der Waals surface area contributed by atoms with Gasteiger partial charge in [-0.05, 0) is 32.1 Å². The second-order valence-electron chi connectivity index (χ2n) is 4.26. The van der Waals surface area contributed by atoms with Crippen LogP contribution in [0.4, 0.5) is 0 Å². The fraction of sp³-hybridized carbons (Fsp3) is 0.833. The van der Waals surface area contributed by atoms with Crippen molar-refractivity contribution in [1.82, 2.24) is 0 Å². The fourth-order valence-corrected chi connectivity index (χ4v) is 2.53. The van der Waals surface area contributed by atoms with E-state index in [0.29, 0.717) is 17.6 Å². The van der Waals surface area contributed by atoms with Crippen molar-refractivity contribution in [3.8, 4) is 0 Å². The summed E-state index contributed by atoms with van der Waals surface area (Å²) in [4.78, 5) is 11.4. The highest BCUT2D eigenvalue weighted by atomic mass is 16.1. The van der Waals surface area contributed by atoms with Crippen LogP contribution in [0.1, 0.15) is 51.9 Å². The van der Waals surface area contributed by atoms with Crippen LogP contribution < -0.4 is 0 Å². The third kappa shape index (κ3) is 3.13. The predicted molar refractivity (Wildman–Crippen MR) is 55.3 cm³/mol. The molecule has 0 aromatic heterocycles. The Bertz CT molecular complexity index is 157. The Morgan fingerprint density at radius 2 is 2.00 bits per heavy atom. The molecule has 0 N–H and O–H groups in total. The van der Waals surface area contributed by atoms with E-state index in [-0.39, 0.29) is 0 Å². The molecule has 1 atom stereocenters. The lowest BCUT2D eigenvalue weighted by Crippen LogP contribution is -2.23. The Balaban J connectivity index is 2.46. The van der Waals surface area contributed by atoms with Gasteiger partial charge in [0, 0.05) is 5.92 Å². The zero-order chi connectivity index (χ0) is 9.68. The molecule has 0 heterocycles. The van der Waals surface area contributed by atoms with Gasteiger partial charge in [-0.1, -0.05) is 32.6 Å². The van der Waals surface area contributed by atoms with Crippen LogP contribution in [0.25, 0.3) is 0 Å². The largest absolute Gasteiger partial charge is 0.300 e. The van der Waals surface area contributed by atoms with E-state index in [0.717, 1.165) is 12.8 Å². The Labute approximate surface area is 81.9 Å². The van der Waals surface area contributed by atoms with Crippen molar-refractivity contribution in [3.63, 3.8) is 0 Å². The molecule has 0 spiro atoms. The molecule has 0 amide bonds. The number of ketones is 1. The van der Waals surface area contributed by atoms with Crippen molar-refractivity contribution in [3.05, 3.63) is 6.92 Å². The van der Waals surface area contributed by atoms with Crippen LogP contribution in [-0.4, -0.2) is 5.78 Å². The summed E-state index contributed by atoms with van der Waals surface area (Å²) < 4.78 is 0. The molecular formula is C12H21O. The number of hydrogen-bond acceptors (Lipinski definition) is 1. The lowest BCUT2D eigenvalue weighted by molar-refractivity contribution is -0.123. The first-order valence-electron chi connectivity index (χ1n) is 5.55. The van der Waals surface area contributed by atoms with Crippen LogP contribution in [-0.2, 0) is 4.79 Å². The number of hydrogen-bond donors (Lipinski definition) is 0. The number of carbonyl (C=O) groups is 1. The van der Waals surface area contributed by atoms with Crippen molar-refractivity contribution in [1.29, 1.82) is 0 Å². The summed E-state index contributed by atoms with van der Waals surface area (Å²) in [5.41, 5.74) is 0. The highest BCUT2D eigenvalue weighted by molar-refractivity contribution is 5.78. The van der Waals surface area contributed by atoms with E-state index in [1.807, 2.05) is 0 Å². The van der Waals surface area contributed by atoms with Crippen LogP contribution in [0.15, 0.2) is 0 Å². The monoisotopic (exact) mass is 181 g/mol. The molecular weight excluding hydrogens is 160 g/mol. The summed E-state index contributed by atoms with van der Waals surface area (Å²) in [5, 5.41) is 0.